The van der Waals surface area contributed by atoms with Gasteiger partial charge in [-0.15, -0.1) is 0 Å². The standard InChI is InChI=1S/C19H21NO3/c1-19(18(20-21)8-5-13-23-19)16-9-11-17(12-10-16)22-14-15-6-3-2-4-7-15/h2-4,6-7,9-12,21H,5,8,13-14H2,1H3. The lowest BCUT2D eigenvalue weighted by Gasteiger charge is -2.34. The molecule has 1 heterocycles. The SMILES string of the molecule is CC1(c2ccc(OCc3ccccc3)cc2)OCCCC1=NO. The third-order valence-corrected chi connectivity index (χ3v) is 4.27. The fraction of sp³-hybridized carbons (Fsp3) is 0.316. The molecule has 0 radical (unpaired) electrons. The monoisotopic (exact) mass is 311 g/mol. The van der Waals surface area contributed by atoms with E-state index in [0.29, 0.717) is 18.9 Å². The zero-order valence-corrected chi connectivity index (χ0v) is 13.2. The fourth-order valence-electron chi connectivity index (χ4n) is 2.84. The van der Waals surface area contributed by atoms with Crippen LogP contribution in [0.5, 0.6) is 5.75 Å². The molecule has 2 aromatic carbocycles. The quantitative estimate of drug-likeness (QED) is 0.682. The first kappa shape index (κ1) is 15.6. The molecule has 4 heteroatoms. The van der Waals surface area contributed by atoms with Gasteiger partial charge in [-0.05, 0) is 43.0 Å². The van der Waals surface area contributed by atoms with Gasteiger partial charge in [-0.25, -0.2) is 0 Å². The average molecular weight is 311 g/mol. The van der Waals surface area contributed by atoms with Crippen molar-refractivity contribution in [3.8, 4) is 5.75 Å². The highest BCUT2D eigenvalue weighted by molar-refractivity contribution is 5.93. The first-order valence-corrected chi connectivity index (χ1v) is 7.85. The number of benzene rings is 2. The van der Waals surface area contributed by atoms with E-state index in [1.807, 2.05) is 61.5 Å². The number of hydrogen-bond acceptors (Lipinski definition) is 4. The summed E-state index contributed by atoms with van der Waals surface area (Å²) < 4.78 is 11.7. The van der Waals surface area contributed by atoms with Gasteiger partial charge in [-0.3, -0.25) is 0 Å². The predicted octanol–water partition coefficient (Wildman–Crippen LogP) is 4.12. The van der Waals surface area contributed by atoms with Crippen molar-refractivity contribution in [1.29, 1.82) is 0 Å². The first-order valence-electron chi connectivity index (χ1n) is 7.85. The van der Waals surface area contributed by atoms with Crippen LogP contribution in [-0.2, 0) is 16.9 Å². The molecule has 0 bridgehead atoms. The van der Waals surface area contributed by atoms with Gasteiger partial charge in [0, 0.05) is 6.61 Å². The van der Waals surface area contributed by atoms with E-state index in [-0.39, 0.29) is 0 Å². The van der Waals surface area contributed by atoms with Gasteiger partial charge in [0.05, 0.1) is 5.71 Å². The Bertz CT molecular complexity index is 667. The Balaban J connectivity index is 1.71. The second kappa shape index (κ2) is 6.84. The van der Waals surface area contributed by atoms with Crippen LogP contribution in [0.2, 0.25) is 0 Å². The second-order valence-electron chi connectivity index (χ2n) is 5.83. The smallest absolute Gasteiger partial charge is 0.132 e. The maximum atomic E-state index is 9.24. The highest BCUT2D eigenvalue weighted by Gasteiger charge is 2.36. The van der Waals surface area contributed by atoms with Gasteiger partial charge in [-0.2, -0.15) is 0 Å². The molecule has 0 spiro atoms. The largest absolute Gasteiger partial charge is 0.489 e. The summed E-state index contributed by atoms with van der Waals surface area (Å²) in [4.78, 5) is 0. The van der Waals surface area contributed by atoms with Gasteiger partial charge in [0.25, 0.3) is 0 Å². The first-order chi connectivity index (χ1) is 11.2. The molecule has 2 aromatic rings. The maximum Gasteiger partial charge on any atom is 0.132 e. The predicted molar refractivity (Wildman–Crippen MR) is 89.0 cm³/mol. The molecule has 0 aromatic heterocycles. The highest BCUT2D eigenvalue weighted by Crippen LogP contribution is 2.33. The minimum atomic E-state index is -0.662. The van der Waals surface area contributed by atoms with E-state index in [1.165, 1.54) is 0 Å². The van der Waals surface area contributed by atoms with E-state index in [1.54, 1.807) is 0 Å². The van der Waals surface area contributed by atoms with Crippen molar-refractivity contribution in [1.82, 2.24) is 0 Å². The van der Waals surface area contributed by atoms with Gasteiger partial charge in [0.1, 0.15) is 18.0 Å². The summed E-state index contributed by atoms with van der Waals surface area (Å²) in [5.74, 6) is 0.805. The average Bonchev–Trinajstić information content (AvgIpc) is 2.61. The van der Waals surface area contributed by atoms with Gasteiger partial charge in [0.15, 0.2) is 0 Å². The molecule has 1 fully saturated rings. The van der Waals surface area contributed by atoms with E-state index in [2.05, 4.69) is 5.16 Å². The molecule has 0 aliphatic carbocycles. The Morgan fingerprint density at radius 2 is 1.87 bits per heavy atom. The molecule has 4 nitrogen and oxygen atoms in total. The molecule has 0 amide bonds. The summed E-state index contributed by atoms with van der Waals surface area (Å²) >= 11 is 0. The van der Waals surface area contributed by atoms with Crippen LogP contribution in [0.25, 0.3) is 0 Å². The van der Waals surface area contributed by atoms with Crippen LogP contribution in [-0.4, -0.2) is 17.5 Å². The second-order valence-corrected chi connectivity index (χ2v) is 5.83. The van der Waals surface area contributed by atoms with Gasteiger partial charge >= 0.3 is 0 Å². The molecule has 1 aliphatic rings. The molecule has 1 saturated heterocycles. The van der Waals surface area contributed by atoms with Crippen molar-refractivity contribution >= 4 is 5.71 Å². The van der Waals surface area contributed by atoms with Crippen molar-refractivity contribution < 1.29 is 14.7 Å². The van der Waals surface area contributed by atoms with E-state index in [9.17, 15) is 5.21 Å². The molecule has 1 aliphatic heterocycles. The Morgan fingerprint density at radius 3 is 2.57 bits per heavy atom. The molecular formula is C19H21NO3. The van der Waals surface area contributed by atoms with Crippen LogP contribution in [0.3, 0.4) is 0 Å². The lowest BCUT2D eigenvalue weighted by atomic mass is 9.86. The van der Waals surface area contributed by atoms with E-state index < -0.39 is 5.60 Å². The molecule has 0 saturated carbocycles. The Labute approximate surface area is 136 Å². The molecule has 120 valence electrons. The minimum absolute atomic E-state index is 0.539. The topological polar surface area (TPSA) is 51.0 Å². The van der Waals surface area contributed by atoms with Crippen LogP contribution in [0.1, 0.15) is 30.9 Å². The number of nitrogens with zero attached hydrogens (tertiary/aromatic N) is 1. The number of rotatable bonds is 4. The highest BCUT2D eigenvalue weighted by atomic mass is 16.5. The van der Waals surface area contributed by atoms with Gasteiger partial charge in [-0.1, -0.05) is 47.6 Å². The van der Waals surface area contributed by atoms with E-state index >= 15 is 0 Å². The summed E-state index contributed by atoms with van der Waals surface area (Å²) in [7, 11) is 0. The minimum Gasteiger partial charge on any atom is -0.489 e. The van der Waals surface area contributed by atoms with Gasteiger partial charge < -0.3 is 14.7 Å². The van der Waals surface area contributed by atoms with Crippen LogP contribution in [0.15, 0.2) is 59.8 Å². The molecule has 1 unspecified atom stereocenters. The van der Waals surface area contributed by atoms with Crippen molar-refractivity contribution in [2.75, 3.05) is 6.61 Å². The molecule has 3 rings (SSSR count). The normalized spacial score (nSPS) is 22.9. The van der Waals surface area contributed by atoms with E-state index in [4.69, 9.17) is 9.47 Å². The Hall–Kier alpha value is -2.33. The summed E-state index contributed by atoms with van der Waals surface area (Å²) in [5.41, 5.74) is 2.11. The van der Waals surface area contributed by atoms with Crippen molar-refractivity contribution in [3.63, 3.8) is 0 Å². The molecular weight excluding hydrogens is 290 g/mol. The maximum absolute atomic E-state index is 9.24. The lowest BCUT2D eigenvalue weighted by Crippen LogP contribution is -2.39. The Morgan fingerprint density at radius 1 is 1.13 bits per heavy atom. The number of hydrogen-bond donors (Lipinski definition) is 1. The molecule has 1 N–H and O–H groups in total. The van der Waals surface area contributed by atoms with Crippen LogP contribution in [0, 0.1) is 0 Å². The summed E-state index contributed by atoms with van der Waals surface area (Å²) in [6.07, 6.45) is 1.63. The Kier molecular flexibility index (Phi) is 4.63. The summed E-state index contributed by atoms with van der Waals surface area (Å²) in [5, 5.41) is 12.7. The number of oxime groups is 1. The van der Waals surface area contributed by atoms with Crippen molar-refractivity contribution in [2.24, 2.45) is 5.16 Å². The van der Waals surface area contributed by atoms with Crippen molar-refractivity contribution in [3.05, 3.63) is 65.7 Å². The van der Waals surface area contributed by atoms with Crippen molar-refractivity contribution in [2.45, 2.75) is 32.0 Å². The molecule has 1 atom stereocenters. The summed E-state index contributed by atoms with van der Waals surface area (Å²) in [6, 6.07) is 17.9. The number of ether oxygens (including phenoxy) is 2. The third-order valence-electron chi connectivity index (χ3n) is 4.27. The zero-order valence-electron chi connectivity index (χ0n) is 13.2. The lowest BCUT2D eigenvalue weighted by molar-refractivity contribution is -0.000634. The fourth-order valence-corrected chi connectivity index (χ4v) is 2.84. The van der Waals surface area contributed by atoms with E-state index in [0.717, 1.165) is 29.7 Å². The van der Waals surface area contributed by atoms with Crippen LogP contribution < -0.4 is 4.74 Å². The molecule has 23 heavy (non-hydrogen) atoms. The van der Waals surface area contributed by atoms with Crippen LogP contribution in [0.4, 0.5) is 0 Å². The summed E-state index contributed by atoms with van der Waals surface area (Å²) in [6.45, 7) is 3.15. The van der Waals surface area contributed by atoms with Crippen LogP contribution >= 0.6 is 0 Å². The zero-order chi connectivity index (χ0) is 16.1. The third kappa shape index (κ3) is 3.37. The van der Waals surface area contributed by atoms with Gasteiger partial charge in [0.2, 0.25) is 0 Å².